The fourth-order valence-electron chi connectivity index (χ4n) is 6.09. The molecule has 0 amide bonds. The van der Waals surface area contributed by atoms with Crippen LogP contribution in [-0.2, 0) is 38.2 Å². The molecule has 0 aromatic rings. The summed E-state index contributed by atoms with van der Waals surface area (Å²) in [5.74, 6) is -2.54. The number of aldehydes is 1. The molecule has 0 radical (unpaired) electrons. The lowest BCUT2D eigenvalue weighted by molar-refractivity contribution is -0.210. The maximum atomic E-state index is 13.2. The first-order valence-corrected chi connectivity index (χ1v) is 13.3. The van der Waals surface area contributed by atoms with Crippen LogP contribution in [0.3, 0.4) is 0 Å². The molecule has 0 heterocycles. The molecule has 8 heteroatoms. The van der Waals surface area contributed by atoms with Crippen LogP contribution in [0.4, 0.5) is 0 Å². The van der Waals surface area contributed by atoms with Crippen molar-refractivity contribution in [3.05, 3.63) is 46.6 Å². The Kier molecular flexibility index (Phi) is 10.4. The molecule has 0 aromatic heterocycles. The quantitative estimate of drug-likeness (QED) is 0.173. The number of fused-ring (bicyclic) bond motifs is 1. The Hall–Kier alpha value is -3.29. The molecule has 1 saturated carbocycles. The first-order chi connectivity index (χ1) is 18.2. The zero-order valence-corrected chi connectivity index (χ0v) is 24.6. The number of Topliss-reactive ketones (excluding diaryl/α,β-unsaturated/α-hetero) is 1. The van der Waals surface area contributed by atoms with Gasteiger partial charge in [-0.3, -0.25) is 9.59 Å². The lowest BCUT2D eigenvalue weighted by Gasteiger charge is -2.60. The maximum Gasteiger partial charge on any atom is 0.333 e. The van der Waals surface area contributed by atoms with Gasteiger partial charge in [-0.25, -0.2) is 14.4 Å². The van der Waals surface area contributed by atoms with Gasteiger partial charge in [0.2, 0.25) is 0 Å². The zero-order chi connectivity index (χ0) is 29.7. The Balaban J connectivity index is 2.61. The molecule has 0 N–H and O–H groups in total. The van der Waals surface area contributed by atoms with Crippen LogP contribution in [0.2, 0.25) is 0 Å². The first kappa shape index (κ1) is 31.9. The fourth-order valence-corrected chi connectivity index (χ4v) is 6.09. The van der Waals surface area contributed by atoms with Crippen molar-refractivity contribution in [2.24, 2.45) is 22.7 Å². The maximum absolute atomic E-state index is 13.2. The number of esters is 3. The van der Waals surface area contributed by atoms with E-state index in [9.17, 15) is 24.0 Å². The molecule has 0 saturated heterocycles. The van der Waals surface area contributed by atoms with E-state index in [2.05, 4.69) is 4.74 Å². The van der Waals surface area contributed by atoms with Crippen molar-refractivity contribution < 1.29 is 38.2 Å². The van der Waals surface area contributed by atoms with Crippen molar-refractivity contribution in [3.63, 3.8) is 0 Å². The lowest BCUT2D eigenvalue weighted by atomic mass is 9.46. The van der Waals surface area contributed by atoms with Gasteiger partial charge in [-0.05, 0) is 75.9 Å². The van der Waals surface area contributed by atoms with E-state index in [1.807, 2.05) is 26.8 Å². The zero-order valence-electron chi connectivity index (χ0n) is 24.6. The highest BCUT2D eigenvalue weighted by Crippen LogP contribution is 2.61. The van der Waals surface area contributed by atoms with Crippen molar-refractivity contribution in [1.29, 1.82) is 0 Å². The molecule has 0 aromatic carbocycles. The van der Waals surface area contributed by atoms with Crippen molar-refractivity contribution >= 4 is 30.0 Å². The Morgan fingerprint density at radius 3 is 2.03 bits per heavy atom. The van der Waals surface area contributed by atoms with Gasteiger partial charge < -0.3 is 14.2 Å². The number of allylic oxidation sites excluding steroid dienone is 5. The van der Waals surface area contributed by atoms with Crippen molar-refractivity contribution in [3.8, 4) is 0 Å². The Morgan fingerprint density at radius 2 is 1.51 bits per heavy atom. The number of methoxy groups -OCH3 is 1. The number of rotatable bonds is 9. The smallest absolute Gasteiger partial charge is 0.333 e. The van der Waals surface area contributed by atoms with Crippen LogP contribution in [0.1, 0.15) is 74.7 Å². The summed E-state index contributed by atoms with van der Waals surface area (Å²) >= 11 is 0. The summed E-state index contributed by atoms with van der Waals surface area (Å²) in [5.41, 5.74) is 0.239. The van der Waals surface area contributed by atoms with Crippen molar-refractivity contribution in [2.45, 2.75) is 86.9 Å². The Labute approximate surface area is 231 Å². The minimum absolute atomic E-state index is 0.0102. The fraction of sp³-hybridized carbons (Fsp3) is 0.581. The van der Waals surface area contributed by atoms with Gasteiger partial charge in [0.25, 0.3) is 0 Å². The van der Waals surface area contributed by atoms with Gasteiger partial charge in [0.1, 0.15) is 18.5 Å². The third-order valence-electron chi connectivity index (χ3n) is 8.70. The van der Waals surface area contributed by atoms with Crippen molar-refractivity contribution in [1.82, 2.24) is 0 Å². The number of hydrogen-bond acceptors (Lipinski definition) is 8. The average Bonchev–Trinajstić information content (AvgIpc) is 2.89. The molecule has 2 aliphatic rings. The first-order valence-electron chi connectivity index (χ1n) is 13.3. The number of carbonyl (C=O) groups excluding carboxylic acids is 5. The molecule has 5 atom stereocenters. The highest BCUT2D eigenvalue weighted by molar-refractivity contribution is 6.00. The van der Waals surface area contributed by atoms with Gasteiger partial charge in [-0.15, -0.1) is 0 Å². The normalized spacial score (nSPS) is 28.9. The van der Waals surface area contributed by atoms with E-state index in [4.69, 9.17) is 9.47 Å². The average molecular weight is 543 g/mol. The Morgan fingerprint density at radius 1 is 0.949 bits per heavy atom. The largest absolute Gasteiger partial charge is 0.466 e. The molecular formula is C31H42O8. The SMILES string of the molecule is C/C=C(/C)C(=O)O[C@@H]1[C@H](OC(=O)/C(C)=C\C)C[C@]2(C)[C@@H](CC(=O)/C(C)=C\C(=O)OC)C(C=O)=CC[C@H]2C1(C)C. The van der Waals surface area contributed by atoms with Crippen LogP contribution in [0.25, 0.3) is 0 Å². The molecule has 0 aliphatic heterocycles. The standard InChI is InChI=1S/C31H42O8/c1-10-18(3)28(35)38-24-16-31(8)22(15-23(33)20(5)14-26(34)37-9)21(17-32)12-13-25(31)30(6,7)27(24)39-29(36)19(4)11-2/h10-12,14,17,22,24-25,27H,13,15-16H2,1-9H3/b18-10-,19-11-,20-14-/t22-,24+,25-,27+,31+/m0/s1. The molecule has 214 valence electrons. The van der Waals surface area contributed by atoms with E-state index in [1.165, 1.54) is 7.11 Å². The van der Waals surface area contributed by atoms with Gasteiger partial charge in [0.05, 0.1) is 7.11 Å². The lowest BCUT2D eigenvalue weighted by Crippen LogP contribution is -2.61. The van der Waals surface area contributed by atoms with E-state index in [-0.39, 0.29) is 30.1 Å². The second kappa shape index (κ2) is 12.7. The predicted molar refractivity (Wildman–Crippen MR) is 146 cm³/mol. The summed E-state index contributed by atoms with van der Waals surface area (Å²) in [7, 11) is 1.23. The summed E-state index contributed by atoms with van der Waals surface area (Å²) in [6.45, 7) is 14.3. The number of carbonyl (C=O) groups is 5. The summed E-state index contributed by atoms with van der Waals surface area (Å²) in [4.78, 5) is 63.0. The van der Waals surface area contributed by atoms with Crippen LogP contribution in [0.15, 0.2) is 46.6 Å². The van der Waals surface area contributed by atoms with E-state index < -0.39 is 46.9 Å². The summed E-state index contributed by atoms with van der Waals surface area (Å²) in [6, 6.07) is 0. The van der Waals surface area contributed by atoms with Gasteiger partial charge in [0, 0.05) is 29.1 Å². The minimum atomic E-state index is -0.812. The van der Waals surface area contributed by atoms with Gasteiger partial charge in [0.15, 0.2) is 5.78 Å². The molecule has 0 spiro atoms. The van der Waals surface area contributed by atoms with Crippen LogP contribution in [-0.4, -0.2) is 49.3 Å². The molecule has 8 nitrogen and oxygen atoms in total. The summed E-state index contributed by atoms with van der Waals surface area (Å²) in [6.07, 6.45) is 6.32. The second-order valence-corrected chi connectivity index (χ2v) is 11.4. The Bertz CT molecular complexity index is 1140. The topological polar surface area (TPSA) is 113 Å². The molecule has 0 unspecified atom stereocenters. The molecule has 39 heavy (non-hydrogen) atoms. The molecule has 2 rings (SSSR count). The highest BCUT2D eigenvalue weighted by Gasteiger charge is 2.61. The monoisotopic (exact) mass is 542 g/mol. The number of ketones is 1. The minimum Gasteiger partial charge on any atom is -0.466 e. The summed E-state index contributed by atoms with van der Waals surface area (Å²) in [5, 5.41) is 0. The van der Waals surface area contributed by atoms with Crippen LogP contribution in [0, 0.1) is 22.7 Å². The third kappa shape index (κ3) is 6.65. The van der Waals surface area contributed by atoms with Crippen molar-refractivity contribution in [2.75, 3.05) is 7.11 Å². The van der Waals surface area contributed by atoms with E-state index in [0.717, 1.165) is 12.4 Å². The van der Waals surface area contributed by atoms with E-state index in [1.54, 1.807) is 46.8 Å². The highest BCUT2D eigenvalue weighted by atomic mass is 16.6. The molecule has 0 bridgehead atoms. The van der Waals surface area contributed by atoms with Gasteiger partial charge in [-0.1, -0.05) is 39.0 Å². The number of hydrogen-bond donors (Lipinski definition) is 0. The van der Waals surface area contributed by atoms with Gasteiger partial charge in [-0.2, -0.15) is 0 Å². The van der Waals surface area contributed by atoms with Crippen LogP contribution in [0.5, 0.6) is 0 Å². The van der Waals surface area contributed by atoms with Gasteiger partial charge >= 0.3 is 17.9 Å². The molecule has 2 aliphatic carbocycles. The molecular weight excluding hydrogens is 500 g/mol. The van der Waals surface area contributed by atoms with E-state index in [0.29, 0.717) is 23.1 Å². The third-order valence-corrected chi connectivity index (χ3v) is 8.70. The van der Waals surface area contributed by atoms with Crippen LogP contribution >= 0.6 is 0 Å². The predicted octanol–water partition coefficient (Wildman–Crippen LogP) is 5.02. The second-order valence-electron chi connectivity index (χ2n) is 11.4. The summed E-state index contributed by atoms with van der Waals surface area (Å²) < 4.78 is 16.7. The van der Waals surface area contributed by atoms with Crippen LogP contribution < -0.4 is 0 Å². The number of ether oxygens (including phenoxy) is 3. The van der Waals surface area contributed by atoms with E-state index >= 15 is 0 Å². The molecule has 1 fully saturated rings.